The maximum Gasteiger partial charge on any atom is 0.138 e. The minimum atomic E-state index is -0.352. The van der Waals surface area contributed by atoms with E-state index in [4.69, 9.17) is 16.3 Å². The Morgan fingerprint density at radius 3 is 2.86 bits per heavy atom. The molecule has 0 amide bonds. The molecule has 2 aliphatic rings. The third-order valence-corrected chi connectivity index (χ3v) is 6.28. The van der Waals surface area contributed by atoms with Crippen LogP contribution in [0.2, 0.25) is 5.02 Å². The second kappa shape index (κ2) is 8.99. The van der Waals surface area contributed by atoms with E-state index in [-0.39, 0.29) is 18.2 Å². The lowest BCUT2D eigenvalue weighted by Crippen LogP contribution is -2.38. The number of benzene rings is 1. The lowest BCUT2D eigenvalue weighted by Gasteiger charge is -2.29. The summed E-state index contributed by atoms with van der Waals surface area (Å²) in [5.41, 5.74) is 0.448. The van der Waals surface area contributed by atoms with Gasteiger partial charge in [0.05, 0.1) is 11.6 Å². The molecule has 2 aromatic rings. The maximum absolute atomic E-state index is 13.2. The third-order valence-electron chi connectivity index (χ3n) is 5.98. The number of aromatic nitrogens is 2. The largest absolute Gasteiger partial charge is 0.491 e. The van der Waals surface area contributed by atoms with Crippen LogP contribution in [0.4, 0.5) is 4.39 Å². The minimum absolute atomic E-state index is 0. The van der Waals surface area contributed by atoms with E-state index < -0.39 is 0 Å². The van der Waals surface area contributed by atoms with Crippen molar-refractivity contribution in [3.63, 3.8) is 0 Å². The SMILES string of the molecule is Cl.Cn1ccnc1CN(CCOc1ccc(F)cc1Cl)C1CC12CCNCC2. The summed E-state index contributed by atoms with van der Waals surface area (Å²) in [5, 5.41) is 3.78. The highest BCUT2D eigenvalue weighted by molar-refractivity contribution is 6.32. The average Bonchev–Trinajstić information content (AvgIpc) is 3.17. The number of hydrogen-bond acceptors (Lipinski definition) is 4. The lowest BCUT2D eigenvalue weighted by atomic mass is 9.93. The molecule has 1 aliphatic heterocycles. The molecule has 5 nitrogen and oxygen atoms in total. The monoisotopic (exact) mass is 428 g/mol. The van der Waals surface area contributed by atoms with Gasteiger partial charge in [0.15, 0.2) is 0 Å². The van der Waals surface area contributed by atoms with Crippen molar-refractivity contribution in [2.24, 2.45) is 12.5 Å². The van der Waals surface area contributed by atoms with Crippen molar-refractivity contribution in [3.8, 4) is 5.75 Å². The van der Waals surface area contributed by atoms with Gasteiger partial charge >= 0.3 is 0 Å². The van der Waals surface area contributed by atoms with Gasteiger partial charge in [0, 0.05) is 32.0 Å². The van der Waals surface area contributed by atoms with Gasteiger partial charge in [-0.25, -0.2) is 9.37 Å². The van der Waals surface area contributed by atoms with E-state index in [0.717, 1.165) is 32.0 Å². The number of imidazole rings is 1. The van der Waals surface area contributed by atoms with Gasteiger partial charge in [0.25, 0.3) is 0 Å². The first-order chi connectivity index (χ1) is 13.1. The summed E-state index contributed by atoms with van der Waals surface area (Å²) in [7, 11) is 2.03. The Kier molecular flexibility index (Phi) is 6.86. The van der Waals surface area contributed by atoms with E-state index in [0.29, 0.717) is 28.8 Å². The third kappa shape index (κ3) is 4.62. The number of nitrogens with zero attached hydrogens (tertiary/aromatic N) is 3. The molecule has 28 heavy (non-hydrogen) atoms. The summed E-state index contributed by atoms with van der Waals surface area (Å²) in [6.07, 6.45) is 7.54. The molecular formula is C20H27Cl2FN4O. The molecule has 2 fully saturated rings. The molecular weight excluding hydrogens is 402 g/mol. The molecule has 4 rings (SSSR count). The summed E-state index contributed by atoms with van der Waals surface area (Å²) in [6, 6.07) is 4.82. The fraction of sp³-hybridized carbons (Fsp3) is 0.550. The highest BCUT2D eigenvalue weighted by atomic mass is 35.5. The first kappa shape index (κ1) is 21.4. The summed E-state index contributed by atoms with van der Waals surface area (Å²) >= 11 is 6.07. The maximum atomic E-state index is 13.2. The fourth-order valence-corrected chi connectivity index (χ4v) is 4.47. The normalized spacial score (nSPS) is 20.2. The zero-order valence-corrected chi connectivity index (χ0v) is 17.6. The number of piperidine rings is 1. The van der Waals surface area contributed by atoms with Crippen molar-refractivity contribution in [1.82, 2.24) is 19.8 Å². The quantitative estimate of drug-likeness (QED) is 0.730. The molecule has 1 unspecified atom stereocenters. The molecule has 0 radical (unpaired) electrons. The van der Waals surface area contributed by atoms with Crippen molar-refractivity contribution in [1.29, 1.82) is 0 Å². The second-order valence-electron chi connectivity index (χ2n) is 7.68. The van der Waals surface area contributed by atoms with E-state index in [2.05, 4.69) is 19.8 Å². The molecule has 0 bridgehead atoms. The molecule has 1 atom stereocenters. The highest BCUT2D eigenvalue weighted by Gasteiger charge is 2.56. The van der Waals surface area contributed by atoms with Crippen LogP contribution in [0.5, 0.6) is 5.75 Å². The Labute approximate surface area is 176 Å². The van der Waals surface area contributed by atoms with Gasteiger partial charge in [0.1, 0.15) is 24.0 Å². The summed E-state index contributed by atoms with van der Waals surface area (Å²) in [4.78, 5) is 6.99. The Hall–Kier alpha value is -1.34. The minimum Gasteiger partial charge on any atom is -0.491 e. The molecule has 1 saturated heterocycles. The van der Waals surface area contributed by atoms with Crippen LogP contribution in [-0.4, -0.2) is 46.7 Å². The van der Waals surface area contributed by atoms with E-state index in [1.165, 1.54) is 31.4 Å². The zero-order chi connectivity index (χ0) is 18.9. The average molecular weight is 429 g/mol. The number of aryl methyl sites for hydroxylation is 1. The number of nitrogens with one attached hydrogen (secondary N) is 1. The molecule has 154 valence electrons. The standard InChI is InChI=1S/C20H26ClFN4O.ClH/c1-25-9-8-24-19(25)14-26(18-13-20(18)4-6-23-7-5-20)10-11-27-17-3-2-15(22)12-16(17)21;/h2-3,8-9,12,18,23H,4-7,10-11,13-14H2,1H3;1H. The molecule has 8 heteroatoms. The molecule has 1 saturated carbocycles. The predicted octanol–water partition coefficient (Wildman–Crippen LogP) is 3.66. The number of halogens is 3. The van der Waals surface area contributed by atoms with Crippen LogP contribution in [-0.2, 0) is 13.6 Å². The van der Waals surface area contributed by atoms with Gasteiger partial charge in [-0.3, -0.25) is 4.90 Å². The smallest absolute Gasteiger partial charge is 0.138 e. The van der Waals surface area contributed by atoms with Crippen molar-refractivity contribution < 1.29 is 9.13 Å². The van der Waals surface area contributed by atoms with Crippen molar-refractivity contribution in [3.05, 3.63) is 47.3 Å². The van der Waals surface area contributed by atoms with Crippen molar-refractivity contribution >= 4 is 24.0 Å². The molecule has 2 heterocycles. The Morgan fingerprint density at radius 2 is 2.18 bits per heavy atom. The van der Waals surface area contributed by atoms with E-state index in [1.54, 1.807) is 6.07 Å². The first-order valence-electron chi connectivity index (χ1n) is 9.56. The van der Waals surface area contributed by atoms with Crippen molar-refractivity contribution in [2.45, 2.75) is 31.8 Å². The fourth-order valence-electron chi connectivity index (χ4n) is 4.25. The molecule has 1 N–H and O–H groups in total. The van der Waals surface area contributed by atoms with Crippen LogP contribution in [0.3, 0.4) is 0 Å². The van der Waals surface area contributed by atoms with E-state index in [1.807, 2.05) is 19.4 Å². The van der Waals surface area contributed by atoms with E-state index in [9.17, 15) is 4.39 Å². The van der Waals surface area contributed by atoms with Gasteiger partial charge < -0.3 is 14.6 Å². The zero-order valence-electron chi connectivity index (χ0n) is 16.0. The van der Waals surface area contributed by atoms with Crippen LogP contribution in [0, 0.1) is 11.2 Å². The van der Waals surface area contributed by atoms with Crippen molar-refractivity contribution in [2.75, 3.05) is 26.2 Å². The molecule has 1 aliphatic carbocycles. The van der Waals surface area contributed by atoms with Gasteiger partial charge in [-0.2, -0.15) is 0 Å². The van der Waals surface area contributed by atoms with E-state index >= 15 is 0 Å². The predicted molar refractivity (Wildman–Crippen MR) is 111 cm³/mol. The van der Waals surface area contributed by atoms with Crippen LogP contribution >= 0.6 is 24.0 Å². The summed E-state index contributed by atoms with van der Waals surface area (Å²) in [5.74, 6) is 1.24. The molecule has 1 aromatic carbocycles. The Morgan fingerprint density at radius 1 is 1.39 bits per heavy atom. The van der Waals surface area contributed by atoms with Gasteiger partial charge in [-0.05, 0) is 56.0 Å². The van der Waals surface area contributed by atoms with Gasteiger partial charge in [-0.15, -0.1) is 12.4 Å². The molecule has 1 aromatic heterocycles. The van der Waals surface area contributed by atoms with Crippen LogP contribution in [0.15, 0.2) is 30.6 Å². The number of rotatable bonds is 7. The highest BCUT2D eigenvalue weighted by Crippen LogP contribution is 2.55. The second-order valence-corrected chi connectivity index (χ2v) is 8.09. The summed E-state index contributed by atoms with van der Waals surface area (Å²) in [6.45, 7) is 4.33. The number of ether oxygens (including phenoxy) is 1. The van der Waals surface area contributed by atoms with Gasteiger partial charge in [-0.1, -0.05) is 11.6 Å². The van der Waals surface area contributed by atoms with Crippen LogP contribution < -0.4 is 10.1 Å². The van der Waals surface area contributed by atoms with Crippen LogP contribution in [0.1, 0.15) is 25.1 Å². The molecule has 1 spiro atoms. The topological polar surface area (TPSA) is 42.3 Å². The Balaban J connectivity index is 0.00000225. The van der Waals surface area contributed by atoms with Gasteiger partial charge in [0.2, 0.25) is 0 Å². The first-order valence-corrected chi connectivity index (χ1v) is 9.94. The summed E-state index contributed by atoms with van der Waals surface area (Å²) < 4.78 is 21.1. The number of hydrogen-bond donors (Lipinski definition) is 1. The van der Waals surface area contributed by atoms with Crippen LogP contribution in [0.25, 0.3) is 0 Å². The lowest BCUT2D eigenvalue weighted by molar-refractivity contribution is 0.158. The Bertz CT molecular complexity index is 794.